The molecule has 164 valence electrons. The van der Waals surface area contributed by atoms with Crippen LogP contribution in [0.2, 0.25) is 0 Å². The molecule has 2 unspecified atom stereocenters. The lowest BCUT2D eigenvalue weighted by atomic mass is 10.0. The van der Waals surface area contributed by atoms with Gasteiger partial charge in [-0.05, 0) is 43.7 Å². The molecule has 2 saturated heterocycles. The van der Waals surface area contributed by atoms with Crippen LogP contribution >= 0.6 is 0 Å². The summed E-state index contributed by atoms with van der Waals surface area (Å²) in [5.74, 6) is -1.16. The van der Waals surface area contributed by atoms with Crippen LogP contribution in [0.4, 0.5) is 10.1 Å². The highest BCUT2D eigenvalue weighted by Gasteiger charge is 2.37. The van der Waals surface area contributed by atoms with Gasteiger partial charge in [0, 0.05) is 44.8 Å². The first kappa shape index (κ1) is 22.2. The Morgan fingerprint density at radius 2 is 1.77 bits per heavy atom. The highest BCUT2D eigenvalue weighted by Crippen LogP contribution is 2.25. The molecule has 2 atom stereocenters. The van der Waals surface area contributed by atoms with Crippen molar-refractivity contribution in [3.63, 3.8) is 0 Å². The second-order valence-corrected chi connectivity index (χ2v) is 8.70. The third-order valence-corrected chi connectivity index (χ3v) is 5.77. The van der Waals surface area contributed by atoms with Crippen molar-refractivity contribution in [3.8, 4) is 0 Å². The molecule has 0 saturated carbocycles. The van der Waals surface area contributed by atoms with Crippen molar-refractivity contribution >= 4 is 23.4 Å². The number of benzene rings is 1. The molecule has 7 nitrogen and oxygen atoms in total. The van der Waals surface area contributed by atoms with Gasteiger partial charge < -0.3 is 20.0 Å². The Kier molecular flexibility index (Phi) is 7.07. The fraction of sp³-hybridized carbons (Fsp3) is 0.591. The van der Waals surface area contributed by atoms with Gasteiger partial charge in [-0.15, -0.1) is 0 Å². The van der Waals surface area contributed by atoms with E-state index in [2.05, 4.69) is 10.2 Å². The van der Waals surface area contributed by atoms with Crippen molar-refractivity contribution in [2.45, 2.75) is 32.7 Å². The molecule has 1 aromatic rings. The van der Waals surface area contributed by atoms with Gasteiger partial charge in [-0.2, -0.15) is 0 Å². The zero-order valence-corrected chi connectivity index (χ0v) is 17.9. The number of hydrogen-bond donors (Lipinski definition) is 1. The van der Waals surface area contributed by atoms with E-state index in [0.717, 1.165) is 13.1 Å². The Morgan fingerprint density at radius 3 is 2.37 bits per heavy atom. The average Bonchev–Trinajstić information content (AvgIpc) is 3.09. The van der Waals surface area contributed by atoms with Gasteiger partial charge in [-0.25, -0.2) is 4.39 Å². The van der Waals surface area contributed by atoms with Crippen LogP contribution in [0.15, 0.2) is 24.3 Å². The summed E-state index contributed by atoms with van der Waals surface area (Å²) in [6.45, 7) is 7.21. The number of carbonyl (C=O) groups is 3. The molecular weight excluding hydrogens is 387 g/mol. The van der Waals surface area contributed by atoms with Crippen molar-refractivity contribution in [1.82, 2.24) is 15.1 Å². The minimum Gasteiger partial charge on any atom is -0.344 e. The van der Waals surface area contributed by atoms with E-state index in [-0.39, 0.29) is 42.4 Å². The topological polar surface area (TPSA) is 73.0 Å². The Labute approximate surface area is 177 Å². The van der Waals surface area contributed by atoms with E-state index in [1.165, 1.54) is 29.2 Å². The summed E-state index contributed by atoms with van der Waals surface area (Å²) in [5.41, 5.74) is 0.573. The van der Waals surface area contributed by atoms with Gasteiger partial charge in [0.25, 0.3) is 0 Å². The Morgan fingerprint density at radius 1 is 1.13 bits per heavy atom. The molecule has 2 fully saturated rings. The second-order valence-electron chi connectivity index (χ2n) is 8.70. The molecular formula is C22H31FN4O3. The number of amides is 3. The maximum Gasteiger partial charge on any atom is 0.245 e. The normalized spacial score (nSPS) is 21.2. The van der Waals surface area contributed by atoms with Crippen molar-refractivity contribution in [2.75, 3.05) is 44.7 Å². The molecule has 0 aliphatic carbocycles. The first-order valence-electron chi connectivity index (χ1n) is 10.6. The molecule has 1 N–H and O–H groups in total. The Balaban J connectivity index is 1.64. The van der Waals surface area contributed by atoms with Crippen LogP contribution in [0.3, 0.4) is 0 Å². The number of nitrogens with one attached hydrogen (secondary N) is 1. The predicted octanol–water partition coefficient (Wildman–Crippen LogP) is 1.48. The smallest absolute Gasteiger partial charge is 0.245 e. The third-order valence-electron chi connectivity index (χ3n) is 5.77. The van der Waals surface area contributed by atoms with Crippen molar-refractivity contribution in [3.05, 3.63) is 30.1 Å². The van der Waals surface area contributed by atoms with Gasteiger partial charge in [-0.3, -0.25) is 14.4 Å². The SMILES string of the molecule is CC(C)CC(NC(=O)C1CC(=O)N(c2ccc(F)cc2)C1)C(=O)N1CCN(C)CC1. The maximum absolute atomic E-state index is 13.2. The Bertz CT molecular complexity index is 775. The summed E-state index contributed by atoms with van der Waals surface area (Å²) in [7, 11) is 2.03. The number of anilines is 1. The minimum atomic E-state index is -0.587. The quantitative estimate of drug-likeness (QED) is 0.760. The summed E-state index contributed by atoms with van der Waals surface area (Å²) in [6.07, 6.45) is 0.638. The molecule has 2 aliphatic heterocycles. The van der Waals surface area contributed by atoms with E-state index in [9.17, 15) is 18.8 Å². The molecule has 0 aromatic heterocycles. The van der Waals surface area contributed by atoms with Crippen LogP contribution in [-0.4, -0.2) is 73.3 Å². The molecule has 3 amide bonds. The van der Waals surface area contributed by atoms with Crippen LogP contribution in [0, 0.1) is 17.7 Å². The molecule has 8 heteroatoms. The standard InChI is InChI=1S/C22H31FN4O3/c1-15(2)12-19(22(30)26-10-8-25(3)9-11-26)24-21(29)16-13-20(28)27(14-16)18-6-4-17(23)5-7-18/h4-7,15-16,19H,8-14H2,1-3H3,(H,24,29). The molecule has 3 rings (SSSR count). The van der Waals surface area contributed by atoms with Gasteiger partial charge in [-0.1, -0.05) is 13.8 Å². The summed E-state index contributed by atoms with van der Waals surface area (Å²) in [5, 5.41) is 2.92. The number of nitrogens with zero attached hydrogens (tertiary/aromatic N) is 3. The lowest BCUT2D eigenvalue weighted by Crippen LogP contribution is -2.55. The van der Waals surface area contributed by atoms with Crippen LogP contribution in [0.5, 0.6) is 0 Å². The second kappa shape index (κ2) is 9.55. The molecule has 0 radical (unpaired) electrons. The van der Waals surface area contributed by atoms with Crippen molar-refractivity contribution in [1.29, 1.82) is 0 Å². The third kappa shape index (κ3) is 5.36. The zero-order chi connectivity index (χ0) is 21.8. The summed E-state index contributed by atoms with van der Waals surface area (Å²) in [4.78, 5) is 43.9. The highest BCUT2D eigenvalue weighted by molar-refractivity contribution is 6.01. The van der Waals surface area contributed by atoms with Gasteiger partial charge in [0.1, 0.15) is 11.9 Å². The number of carbonyl (C=O) groups excluding carboxylic acids is 3. The minimum absolute atomic E-state index is 0.0511. The van der Waals surface area contributed by atoms with Crippen molar-refractivity contribution < 1.29 is 18.8 Å². The number of rotatable bonds is 6. The molecule has 2 heterocycles. The van der Waals surface area contributed by atoms with Gasteiger partial charge in [0.15, 0.2) is 0 Å². The van der Waals surface area contributed by atoms with Crippen molar-refractivity contribution in [2.24, 2.45) is 11.8 Å². The van der Waals surface area contributed by atoms with Crippen LogP contribution in [0.1, 0.15) is 26.7 Å². The zero-order valence-electron chi connectivity index (χ0n) is 17.9. The lowest BCUT2D eigenvalue weighted by molar-refractivity contribution is -0.139. The molecule has 0 spiro atoms. The summed E-state index contributed by atoms with van der Waals surface area (Å²) < 4.78 is 13.2. The van der Waals surface area contributed by atoms with Gasteiger partial charge in [0.2, 0.25) is 17.7 Å². The first-order chi connectivity index (χ1) is 14.2. The highest BCUT2D eigenvalue weighted by atomic mass is 19.1. The number of likely N-dealkylation sites (N-methyl/N-ethyl adjacent to an activating group) is 1. The fourth-order valence-corrected chi connectivity index (χ4v) is 3.98. The van der Waals surface area contributed by atoms with E-state index >= 15 is 0 Å². The lowest BCUT2D eigenvalue weighted by Gasteiger charge is -2.35. The molecule has 0 bridgehead atoms. The molecule has 2 aliphatic rings. The molecule has 30 heavy (non-hydrogen) atoms. The van der Waals surface area contributed by atoms with Crippen LogP contribution in [-0.2, 0) is 14.4 Å². The van der Waals surface area contributed by atoms with Gasteiger partial charge in [0.05, 0.1) is 5.92 Å². The molecule has 1 aromatic carbocycles. The van der Waals surface area contributed by atoms with Crippen LogP contribution in [0.25, 0.3) is 0 Å². The number of hydrogen-bond acceptors (Lipinski definition) is 4. The average molecular weight is 419 g/mol. The summed E-state index contributed by atoms with van der Waals surface area (Å²) in [6, 6.07) is 5.07. The van der Waals surface area contributed by atoms with E-state index < -0.39 is 12.0 Å². The number of piperazine rings is 1. The van der Waals surface area contributed by atoms with E-state index in [1.54, 1.807) is 0 Å². The van der Waals surface area contributed by atoms with E-state index in [1.807, 2.05) is 25.8 Å². The van der Waals surface area contributed by atoms with Crippen LogP contribution < -0.4 is 10.2 Å². The monoisotopic (exact) mass is 418 g/mol. The van der Waals surface area contributed by atoms with E-state index in [0.29, 0.717) is 25.2 Å². The fourth-order valence-electron chi connectivity index (χ4n) is 3.98. The predicted molar refractivity (Wildman–Crippen MR) is 112 cm³/mol. The van der Waals surface area contributed by atoms with Gasteiger partial charge >= 0.3 is 0 Å². The largest absolute Gasteiger partial charge is 0.344 e. The Hall–Kier alpha value is -2.48. The maximum atomic E-state index is 13.2. The van der Waals surface area contributed by atoms with E-state index in [4.69, 9.17) is 0 Å². The first-order valence-corrected chi connectivity index (χ1v) is 10.6. The number of halogens is 1. The summed E-state index contributed by atoms with van der Waals surface area (Å²) >= 11 is 0.